The molecule has 1 atom stereocenters. The molecule has 1 aromatic rings. The zero-order valence-corrected chi connectivity index (χ0v) is 10.9. The van der Waals surface area contributed by atoms with E-state index in [9.17, 15) is 14.0 Å². The Hall–Kier alpha value is -1.91. The first kappa shape index (κ1) is 15.1. The lowest BCUT2D eigenvalue weighted by Gasteiger charge is -2.14. The van der Waals surface area contributed by atoms with Crippen LogP contribution in [-0.2, 0) is 9.59 Å². The molecule has 19 heavy (non-hydrogen) atoms. The number of aliphatic carboxylic acids is 1. The van der Waals surface area contributed by atoms with Crippen LogP contribution in [0.4, 0.5) is 4.39 Å². The molecule has 104 valence electrons. The van der Waals surface area contributed by atoms with E-state index >= 15 is 0 Å². The zero-order valence-electron chi connectivity index (χ0n) is 10.9. The van der Waals surface area contributed by atoms with E-state index < -0.39 is 5.97 Å². The Bertz CT molecular complexity index is 448. The van der Waals surface area contributed by atoms with Gasteiger partial charge in [0.25, 0.3) is 0 Å². The molecule has 0 heterocycles. The number of hydrogen-bond donors (Lipinski definition) is 2. The molecular weight excluding hydrogens is 249 g/mol. The second-order valence-electron chi connectivity index (χ2n) is 4.45. The highest BCUT2D eigenvalue weighted by atomic mass is 19.1. The van der Waals surface area contributed by atoms with Gasteiger partial charge in [-0.15, -0.1) is 0 Å². The zero-order chi connectivity index (χ0) is 14.3. The van der Waals surface area contributed by atoms with E-state index in [1.165, 1.54) is 12.1 Å². The van der Waals surface area contributed by atoms with Gasteiger partial charge in [-0.25, -0.2) is 4.39 Å². The Balaban J connectivity index is 2.34. The Morgan fingerprint density at radius 2 is 2.00 bits per heavy atom. The molecule has 0 saturated heterocycles. The molecular formula is C14H18FNO3. The fraction of sp³-hybridized carbons (Fsp3) is 0.429. The number of halogens is 1. The molecule has 2 N–H and O–H groups in total. The molecule has 0 aromatic heterocycles. The molecule has 5 heteroatoms. The molecule has 0 bridgehead atoms. The van der Waals surface area contributed by atoms with Gasteiger partial charge in [-0.05, 0) is 37.5 Å². The van der Waals surface area contributed by atoms with Crippen LogP contribution in [0.2, 0.25) is 0 Å². The molecule has 0 fully saturated rings. The summed E-state index contributed by atoms with van der Waals surface area (Å²) in [6, 6.07) is 5.82. The van der Waals surface area contributed by atoms with E-state index in [1.54, 1.807) is 19.1 Å². The average Bonchev–Trinajstić information content (AvgIpc) is 2.34. The lowest BCUT2D eigenvalue weighted by Crippen LogP contribution is -2.26. The molecule has 0 radical (unpaired) electrons. The highest BCUT2D eigenvalue weighted by Crippen LogP contribution is 2.13. The van der Waals surface area contributed by atoms with Gasteiger partial charge in [0, 0.05) is 12.8 Å². The van der Waals surface area contributed by atoms with Gasteiger partial charge in [0.1, 0.15) is 5.82 Å². The van der Waals surface area contributed by atoms with Crippen LogP contribution in [0, 0.1) is 5.82 Å². The van der Waals surface area contributed by atoms with E-state index in [-0.39, 0.29) is 30.6 Å². The van der Waals surface area contributed by atoms with Crippen LogP contribution in [-0.4, -0.2) is 17.0 Å². The molecule has 0 aliphatic rings. The number of carbonyl (C=O) groups is 2. The number of nitrogens with one attached hydrogen (secondary N) is 1. The van der Waals surface area contributed by atoms with Crippen molar-refractivity contribution in [3.8, 4) is 0 Å². The lowest BCUT2D eigenvalue weighted by molar-refractivity contribution is -0.137. The molecule has 0 aliphatic heterocycles. The second-order valence-corrected chi connectivity index (χ2v) is 4.45. The third-order valence-corrected chi connectivity index (χ3v) is 2.77. The molecule has 4 nitrogen and oxygen atoms in total. The molecule has 0 unspecified atom stereocenters. The fourth-order valence-corrected chi connectivity index (χ4v) is 1.73. The number of carboxylic acids is 1. The van der Waals surface area contributed by atoms with E-state index in [4.69, 9.17) is 5.11 Å². The van der Waals surface area contributed by atoms with E-state index in [0.29, 0.717) is 18.4 Å². The predicted octanol–water partition coefficient (Wildman–Crippen LogP) is 2.65. The molecule has 1 aromatic carbocycles. The monoisotopic (exact) mass is 267 g/mol. The standard InChI is InChI=1S/C14H18FNO3/c1-10(11-5-4-6-12(15)9-11)16-13(17)7-2-3-8-14(18)19/h4-6,9-10H,2-3,7-8H2,1H3,(H,16,17)(H,18,19)/t10-/m1/s1. The summed E-state index contributed by atoms with van der Waals surface area (Å²) in [6.45, 7) is 1.78. The summed E-state index contributed by atoms with van der Waals surface area (Å²) in [5, 5.41) is 11.2. The van der Waals surface area contributed by atoms with Crippen LogP contribution in [0.15, 0.2) is 24.3 Å². The van der Waals surface area contributed by atoms with Gasteiger partial charge in [0.2, 0.25) is 5.91 Å². The first-order valence-electron chi connectivity index (χ1n) is 6.25. The van der Waals surface area contributed by atoms with Crippen LogP contribution < -0.4 is 5.32 Å². The van der Waals surface area contributed by atoms with Gasteiger partial charge in [-0.3, -0.25) is 9.59 Å². The maximum absolute atomic E-state index is 13.0. The van der Waals surface area contributed by atoms with Crippen molar-refractivity contribution < 1.29 is 19.1 Å². The number of rotatable bonds is 7. The fourth-order valence-electron chi connectivity index (χ4n) is 1.73. The van der Waals surface area contributed by atoms with Crippen molar-refractivity contribution in [1.82, 2.24) is 5.32 Å². The predicted molar refractivity (Wildman–Crippen MR) is 69.1 cm³/mol. The Morgan fingerprint density at radius 3 is 2.63 bits per heavy atom. The maximum atomic E-state index is 13.0. The molecule has 0 aliphatic carbocycles. The Labute approximate surface area is 111 Å². The Morgan fingerprint density at radius 1 is 1.32 bits per heavy atom. The maximum Gasteiger partial charge on any atom is 0.303 e. The molecule has 0 saturated carbocycles. The quantitative estimate of drug-likeness (QED) is 0.746. The third kappa shape index (κ3) is 5.99. The van der Waals surface area contributed by atoms with Crippen LogP contribution in [0.3, 0.4) is 0 Å². The summed E-state index contributed by atoms with van der Waals surface area (Å²) in [5.41, 5.74) is 0.707. The summed E-state index contributed by atoms with van der Waals surface area (Å²) in [5.74, 6) is -1.34. The molecule has 1 amide bonds. The van der Waals surface area contributed by atoms with Gasteiger partial charge < -0.3 is 10.4 Å². The van der Waals surface area contributed by atoms with Crippen LogP contribution in [0.5, 0.6) is 0 Å². The van der Waals surface area contributed by atoms with Gasteiger partial charge in [0.15, 0.2) is 0 Å². The summed E-state index contributed by atoms with van der Waals surface area (Å²) >= 11 is 0. The molecule has 0 spiro atoms. The number of carbonyl (C=O) groups excluding carboxylic acids is 1. The topological polar surface area (TPSA) is 66.4 Å². The SMILES string of the molecule is C[C@@H](NC(=O)CCCCC(=O)O)c1cccc(F)c1. The molecule has 1 rings (SSSR count). The summed E-state index contributed by atoms with van der Waals surface area (Å²) < 4.78 is 13.0. The highest BCUT2D eigenvalue weighted by Gasteiger charge is 2.10. The van der Waals surface area contributed by atoms with Crippen molar-refractivity contribution in [2.75, 3.05) is 0 Å². The van der Waals surface area contributed by atoms with Crippen molar-refractivity contribution in [2.45, 2.75) is 38.6 Å². The lowest BCUT2D eigenvalue weighted by atomic mass is 10.1. The van der Waals surface area contributed by atoms with Gasteiger partial charge in [-0.1, -0.05) is 12.1 Å². The number of unbranched alkanes of at least 4 members (excludes halogenated alkanes) is 1. The Kier molecular flexibility index (Phi) is 5.99. The first-order chi connectivity index (χ1) is 8.99. The third-order valence-electron chi connectivity index (χ3n) is 2.77. The van der Waals surface area contributed by atoms with Gasteiger partial charge in [0.05, 0.1) is 6.04 Å². The summed E-state index contributed by atoms with van der Waals surface area (Å²) in [6.07, 6.45) is 1.38. The van der Waals surface area contributed by atoms with Crippen LogP contribution in [0.1, 0.15) is 44.2 Å². The van der Waals surface area contributed by atoms with E-state index in [2.05, 4.69) is 5.32 Å². The van der Waals surface area contributed by atoms with Crippen molar-refractivity contribution in [3.63, 3.8) is 0 Å². The largest absolute Gasteiger partial charge is 0.481 e. The average molecular weight is 267 g/mol. The van der Waals surface area contributed by atoms with Crippen molar-refractivity contribution in [1.29, 1.82) is 0 Å². The van der Waals surface area contributed by atoms with Gasteiger partial charge in [-0.2, -0.15) is 0 Å². The smallest absolute Gasteiger partial charge is 0.303 e. The minimum Gasteiger partial charge on any atom is -0.481 e. The first-order valence-corrected chi connectivity index (χ1v) is 6.25. The minimum absolute atomic E-state index is 0.0761. The number of hydrogen-bond acceptors (Lipinski definition) is 2. The number of amides is 1. The minimum atomic E-state index is -0.853. The van der Waals surface area contributed by atoms with Crippen molar-refractivity contribution in [3.05, 3.63) is 35.6 Å². The summed E-state index contributed by atoms with van der Waals surface area (Å²) in [7, 11) is 0. The van der Waals surface area contributed by atoms with Crippen LogP contribution in [0.25, 0.3) is 0 Å². The number of benzene rings is 1. The van der Waals surface area contributed by atoms with Crippen LogP contribution >= 0.6 is 0 Å². The van der Waals surface area contributed by atoms with Gasteiger partial charge >= 0.3 is 5.97 Å². The van der Waals surface area contributed by atoms with Crippen molar-refractivity contribution >= 4 is 11.9 Å². The van der Waals surface area contributed by atoms with E-state index in [0.717, 1.165) is 0 Å². The van der Waals surface area contributed by atoms with Crippen molar-refractivity contribution in [2.24, 2.45) is 0 Å². The highest BCUT2D eigenvalue weighted by molar-refractivity contribution is 5.76. The second kappa shape index (κ2) is 7.51. The normalized spacial score (nSPS) is 11.9. The van der Waals surface area contributed by atoms with E-state index in [1.807, 2.05) is 0 Å². The summed E-state index contributed by atoms with van der Waals surface area (Å²) in [4.78, 5) is 21.9. The number of carboxylic acid groups (broad SMARTS) is 1.